The van der Waals surface area contributed by atoms with Crippen molar-refractivity contribution >= 4 is 0 Å². The third kappa shape index (κ3) is 4.26. The minimum atomic E-state index is 0.425. The molecule has 114 valence electrons. The summed E-state index contributed by atoms with van der Waals surface area (Å²) in [6.07, 6.45) is 5.37. The zero-order valence-corrected chi connectivity index (χ0v) is 13.0. The molecule has 2 rings (SSSR count). The number of hydrogen-bond acceptors (Lipinski definition) is 3. The topological polar surface area (TPSA) is 35.4 Å². The number of aromatic nitrogens is 1. The van der Waals surface area contributed by atoms with Gasteiger partial charge in [-0.2, -0.15) is 0 Å². The highest BCUT2D eigenvalue weighted by atomic mass is 16.5. The maximum absolute atomic E-state index is 5.74. The van der Waals surface area contributed by atoms with Crippen molar-refractivity contribution in [2.75, 3.05) is 20.8 Å². The normalized spacial score (nSPS) is 12.1. The van der Waals surface area contributed by atoms with E-state index in [9.17, 15) is 0 Å². The van der Waals surface area contributed by atoms with Gasteiger partial charge in [-0.3, -0.25) is 0 Å². The fraction of sp³-hybridized carbons (Fsp3) is 0.412. The third-order valence-corrected chi connectivity index (χ3v) is 3.61. The fourth-order valence-corrected chi connectivity index (χ4v) is 2.35. The number of rotatable bonds is 8. The molecule has 0 fully saturated rings. The van der Waals surface area contributed by atoms with Crippen LogP contribution in [0.25, 0.3) is 0 Å². The Bertz CT molecular complexity index is 530. The second-order valence-corrected chi connectivity index (χ2v) is 4.96. The van der Waals surface area contributed by atoms with Crippen LogP contribution >= 0.6 is 0 Å². The molecule has 21 heavy (non-hydrogen) atoms. The molecule has 1 heterocycles. The smallest absolute Gasteiger partial charge is 0.119 e. The van der Waals surface area contributed by atoms with Crippen molar-refractivity contribution in [2.24, 2.45) is 0 Å². The molecule has 0 aliphatic heterocycles. The lowest BCUT2D eigenvalue weighted by atomic mass is 10.1. The zero-order valence-electron chi connectivity index (χ0n) is 13.0. The fourth-order valence-electron chi connectivity index (χ4n) is 2.35. The van der Waals surface area contributed by atoms with E-state index in [0.29, 0.717) is 12.6 Å². The summed E-state index contributed by atoms with van der Waals surface area (Å²) in [5.74, 6) is 1.71. The predicted octanol–water partition coefficient (Wildman–Crippen LogP) is 3.25. The van der Waals surface area contributed by atoms with Crippen molar-refractivity contribution in [1.82, 2.24) is 9.88 Å². The Balaban J connectivity index is 1.82. The van der Waals surface area contributed by atoms with E-state index in [4.69, 9.17) is 9.47 Å². The van der Waals surface area contributed by atoms with Gasteiger partial charge in [-0.05, 0) is 49.4 Å². The highest BCUT2D eigenvalue weighted by molar-refractivity contribution is 5.31. The van der Waals surface area contributed by atoms with E-state index < -0.39 is 0 Å². The molecule has 4 nitrogen and oxygen atoms in total. The highest BCUT2D eigenvalue weighted by Gasteiger charge is 2.07. The van der Waals surface area contributed by atoms with Crippen LogP contribution in [-0.4, -0.2) is 25.3 Å². The van der Waals surface area contributed by atoms with Gasteiger partial charge in [-0.25, -0.2) is 0 Å². The average molecular weight is 288 g/mol. The molecular weight excluding hydrogens is 264 g/mol. The summed E-state index contributed by atoms with van der Waals surface area (Å²) in [4.78, 5) is 0. The van der Waals surface area contributed by atoms with Crippen LogP contribution in [0.2, 0.25) is 0 Å². The molecule has 1 aromatic heterocycles. The van der Waals surface area contributed by atoms with Crippen LogP contribution in [0.15, 0.2) is 42.7 Å². The second kappa shape index (κ2) is 7.74. The van der Waals surface area contributed by atoms with Crippen LogP contribution in [-0.2, 0) is 6.54 Å². The zero-order chi connectivity index (χ0) is 15.1. The van der Waals surface area contributed by atoms with Gasteiger partial charge < -0.3 is 19.4 Å². The monoisotopic (exact) mass is 288 g/mol. The number of ether oxygens (including phenoxy) is 2. The molecule has 4 heteroatoms. The molecule has 0 saturated heterocycles. The van der Waals surface area contributed by atoms with Gasteiger partial charge in [0.05, 0.1) is 13.7 Å². The summed E-state index contributed by atoms with van der Waals surface area (Å²) in [5.41, 5.74) is 1.32. The van der Waals surface area contributed by atoms with Gasteiger partial charge in [0, 0.05) is 18.4 Å². The van der Waals surface area contributed by atoms with Crippen molar-refractivity contribution < 1.29 is 9.47 Å². The third-order valence-electron chi connectivity index (χ3n) is 3.61. The largest absolute Gasteiger partial charge is 0.497 e. The summed E-state index contributed by atoms with van der Waals surface area (Å²) >= 11 is 0. The van der Waals surface area contributed by atoms with Crippen molar-refractivity contribution in [2.45, 2.75) is 25.9 Å². The van der Waals surface area contributed by atoms with Gasteiger partial charge >= 0.3 is 0 Å². The van der Waals surface area contributed by atoms with E-state index in [1.165, 1.54) is 5.56 Å². The van der Waals surface area contributed by atoms with E-state index >= 15 is 0 Å². The van der Waals surface area contributed by atoms with Gasteiger partial charge in [0.25, 0.3) is 0 Å². The number of nitrogens with one attached hydrogen (secondary N) is 1. The van der Waals surface area contributed by atoms with Crippen molar-refractivity contribution in [3.8, 4) is 11.5 Å². The molecule has 0 radical (unpaired) electrons. The van der Waals surface area contributed by atoms with Crippen LogP contribution in [0.3, 0.4) is 0 Å². The molecule has 1 N–H and O–H groups in total. The van der Waals surface area contributed by atoms with Gasteiger partial charge in [0.2, 0.25) is 0 Å². The van der Waals surface area contributed by atoms with Crippen LogP contribution < -0.4 is 14.8 Å². The molecule has 1 aromatic carbocycles. The SMILES string of the molecule is CCC(NC)c1ccn(CCOc2ccc(OC)cc2)c1. The van der Waals surface area contributed by atoms with E-state index in [0.717, 1.165) is 24.5 Å². The first-order valence-electron chi connectivity index (χ1n) is 7.36. The molecular formula is C17H24N2O2. The lowest BCUT2D eigenvalue weighted by Crippen LogP contribution is -2.14. The Labute approximate surface area is 126 Å². The molecule has 0 amide bonds. The predicted molar refractivity (Wildman–Crippen MR) is 85.0 cm³/mol. The number of nitrogens with zero attached hydrogens (tertiary/aromatic N) is 1. The molecule has 0 saturated carbocycles. The first-order valence-corrected chi connectivity index (χ1v) is 7.36. The standard InChI is InChI=1S/C17H24N2O2/c1-4-17(18-2)14-9-10-19(13-14)11-12-21-16-7-5-15(20-3)6-8-16/h5-10,13,17-18H,4,11-12H2,1-3H3. The van der Waals surface area contributed by atoms with Gasteiger partial charge in [-0.1, -0.05) is 6.92 Å². The maximum atomic E-state index is 5.74. The second-order valence-electron chi connectivity index (χ2n) is 4.96. The molecule has 1 unspecified atom stereocenters. The summed E-state index contributed by atoms with van der Waals surface area (Å²) < 4.78 is 13.0. The van der Waals surface area contributed by atoms with Crippen LogP contribution in [0.1, 0.15) is 24.9 Å². The lowest BCUT2D eigenvalue weighted by molar-refractivity contribution is 0.298. The molecule has 0 aliphatic rings. The van der Waals surface area contributed by atoms with Crippen LogP contribution in [0.4, 0.5) is 0 Å². The maximum Gasteiger partial charge on any atom is 0.119 e. The van der Waals surface area contributed by atoms with Gasteiger partial charge in [0.1, 0.15) is 18.1 Å². The van der Waals surface area contributed by atoms with E-state index in [1.807, 2.05) is 31.3 Å². The van der Waals surface area contributed by atoms with Crippen molar-refractivity contribution in [3.05, 3.63) is 48.3 Å². The van der Waals surface area contributed by atoms with Crippen LogP contribution in [0, 0.1) is 0 Å². The Morgan fingerprint density at radius 3 is 2.48 bits per heavy atom. The van der Waals surface area contributed by atoms with E-state index in [1.54, 1.807) is 7.11 Å². The van der Waals surface area contributed by atoms with E-state index in [-0.39, 0.29) is 0 Å². The van der Waals surface area contributed by atoms with Crippen molar-refractivity contribution in [3.63, 3.8) is 0 Å². The Morgan fingerprint density at radius 1 is 1.14 bits per heavy atom. The summed E-state index contributed by atoms with van der Waals surface area (Å²) in [6.45, 7) is 3.67. The first kappa shape index (κ1) is 15.4. The quantitative estimate of drug-likeness (QED) is 0.810. The lowest BCUT2D eigenvalue weighted by Gasteiger charge is -2.11. The Morgan fingerprint density at radius 2 is 1.86 bits per heavy atom. The summed E-state index contributed by atoms with van der Waals surface area (Å²) in [7, 11) is 3.66. The first-order chi connectivity index (χ1) is 10.3. The van der Waals surface area contributed by atoms with Crippen molar-refractivity contribution in [1.29, 1.82) is 0 Å². The van der Waals surface area contributed by atoms with Gasteiger partial charge in [0.15, 0.2) is 0 Å². The van der Waals surface area contributed by atoms with E-state index in [2.05, 4.69) is 35.3 Å². The molecule has 0 spiro atoms. The molecule has 0 aliphatic carbocycles. The minimum absolute atomic E-state index is 0.425. The highest BCUT2D eigenvalue weighted by Crippen LogP contribution is 2.18. The van der Waals surface area contributed by atoms with Crippen LogP contribution in [0.5, 0.6) is 11.5 Å². The number of hydrogen-bond donors (Lipinski definition) is 1. The Kier molecular flexibility index (Phi) is 5.69. The average Bonchev–Trinajstić information content (AvgIpc) is 2.98. The van der Waals surface area contributed by atoms with Gasteiger partial charge in [-0.15, -0.1) is 0 Å². The molecule has 0 bridgehead atoms. The summed E-state index contributed by atoms with van der Waals surface area (Å²) in [5, 5.41) is 3.32. The number of methoxy groups -OCH3 is 1. The molecule has 1 atom stereocenters. The minimum Gasteiger partial charge on any atom is -0.497 e. The number of benzene rings is 1. The molecule has 2 aromatic rings. The Hall–Kier alpha value is -1.94. The summed E-state index contributed by atoms with van der Waals surface area (Å²) in [6, 6.07) is 10.2.